The van der Waals surface area contributed by atoms with Gasteiger partial charge in [-0.05, 0) is 51.8 Å². The molecule has 0 aliphatic carbocycles. The van der Waals surface area contributed by atoms with E-state index >= 15 is 0 Å². The first-order chi connectivity index (χ1) is 8.71. The van der Waals surface area contributed by atoms with Crippen molar-refractivity contribution in [1.82, 2.24) is 0 Å². The molecule has 0 unspecified atom stereocenters. The highest BCUT2D eigenvalue weighted by atomic mass is 35.5. The SMILES string of the molecule is CC1(C)OB([C@@H](Cl)Cc2ccc(F)cc2)OC1(C)C. The maximum Gasteiger partial charge on any atom is 0.477 e. The minimum Gasteiger partial charge on any atom is -0.402 e. The smallest absolute Gasteiger partial charge is 0.402 e. The molecule has 1 aliphatic rings. The second kappa shape index (κ2) is 5.08. The molecule has 19 heavy (non-hydrogen) atoms. The maximum atomic E-state index is 12.8. The Morgan fingerprint density at radius 3 is 2.05 bits per heavy atom. The molecule has 1 heterocycles. The Morgan fingerprint density at radius 2 is 1.58 bits per heavy atom. The van der Waals surface area contributed by atoms with E-state index in [1.54, 1.807) is 12.1 Å². The molecule has 5 heteroatoms. The zero-order valence-electron chi connectivity index (χ0n) is 11.7. The highest BCUT2D eigenvalue weighted by Crippen LogP contribution is 2.38. The molecule has 2 nitrogen and oxygen atoms in total. The van der Waals surface area contributed by atoms with Gasteiger partial charge in [0.25, 0.3) is 0 Å². The first-order valence-corrected chi connectivity index (χ1v) is 6.89. The molecule has 1 aromatic carbocycles. The second-order valence-corrected chi connectivity index (χ2v) is 6.53. The Morgan fingerprint density at radius 1 is 1.11 bits per heavy atom. The molecular formula is C14H19BClFO2. The molecule has 0 aromatic heterocycles. The van der Waals surface area contributed by atoms with Crippen molar-refractivity contribution in [2.75, 3.05) is 0 Å². The third-order valence-corrected chi connectivity index (χ3v) is 4.27. The molecular weight excluding hydrogens is 265 g/mol. The molecule has 0 N–H and O–H groups in total. The summed E-state index contributed by atoms with van der Waals surface area (Å²) in [6.07, 6.45) is 0.582. The van der Waals surface area contributed by atoms with E-state index in [0.29, 0.717) is 6.42 Å². The third kappa shape index (κ3) is 3.12. The van der Waals surface area contributed by atoms with Gasteiger partial charge in [-0.3, -0.25) is 0 Å². The van der Waals surface area contributed by atoms with Crippen LogP contribution in [0.2, 0.25) is 0 Å². The van der Waals surface area contributed by atoms with Crippen LogP contribution in [0.5, 0.6) is 0 Å². The normalized spacial score (nSPS) is 22.5. The highest BCUT2D eigenvalue weighted by molar-refractivity contribution is 6.60. The van der Waals surface area contributed by atoms with Crippen molar-refractivity contribution in [3.63, 3.8) is 0 Å². The molecule has 0 saturated carbocycles. The van der Waals surface area contributed by atoms with E-state index in [-0.39, 0.29) is 22.3 Å². The highest BCUT2D eigenvalue weighted by Gasteiger charge is 2.53. The van der Waals surface area contributed by atoms with E-state index in [1.807, 2.05) is 27.7 Å². The average Bonchev–Trinajstić information content (AvgIpc) is 2.51. The monoisotopic (exact) mass is 284 g/mol. The van der Waals surface area contributed by atoms with E-state index in [0.717, 1.165) is 5.56 Å². The maximum absolute atomic E-state index is 12.8. The number of hydrogen-bond donors (Lipinski definition) is 0. The molecule has 0 spiro atoms. The topological polar surface area (TPSA) is 18.5 Å². The standard InChI is InChI=1S/C14H19BClFO2/c1-13(2)14(3,4)19-15(18-13)12(16)9-10-5-7-11(17)8-6-10/h5-8,12H,9H2,1-4H3/t12-/m0/s1. The minimum atomic E-state index is -0.447. The third-order valence-electron chi connectivity index (χ3n) is 3.91. The fourth-order valence-electron chi connectivity index (χ4n) is 1.98. The zero-order valence-corrected chi connectivity index (χ0v) is 12.5. The van der Waals surface area contributed by atoms with Gasteiger partial charge in [0.05, 0.1) is 16.5 Å². The van der Waals surface area contributed by atoms with Gasteiger partial charge in [0.2, 0.25) is 0 Å². The second-order valence-electron chi connectivity index (χ2n) is 5.97. The van der Waals surface area contributed by atoms with Crippen molar-refractivity contribution in [1.29, 1.82) is 0 Å². The molecule has 1 fully saturated rings. The van der Waals surface area contributed by atoms with Crippen LogP contribution in [0.4, 0.5) is 4.39 Å². The molecule has 0 bridgehead atoms. The molecule has 104 valence electrons. The van der Waals surface area contributed by atoms with Crippen LogP contribution in [0.15, 0.2) is 24.3 Å². The molecule has 0 radical (unpaired) electrons. The summed E-state index contributed by atoms with van der Waals surface area (Å²) in [6, 6.07) is 6.33. The van der Waals surface area contributed by atoms with Crippen molar-refractivity contribution < 1.29 is 13.7 Å². The van der Waals surface area contributed by atoms with E-state index in [9.17, 15) is 4.39 Å². The van der Waals surface area contributed by atoms with E-state index in [2.05, 4.69) is 0 Å². The number of benzene rings is 1. The predicted molar refractivity (Wildman–Crippen MR) is 75.8 cm³/mol. The lowest BCUT2D eigenvalue weighted by Gasteiger charge is -2.32. The lowest BCUT2D eigenvalue weighted by atomic mass is 9.80. The Hall–Kier alpha value is -0.575. The first-order valence-electron chi connectivity index (χ1n) is 6.45. The van der Waals surface area contributed by atoms with Crippen LogP contribution in [0.3, 0.4) is 0 Å². The Labute approximate surface area is 119 Å². The fraction of sp³-hybridized carbons (Fsp3) is 0.571. The Kier molecular flexibility index (Phi) is 3.96. The van der Waals surface area contributed by atoms with Crippen LogP contribution in [-0.4, -0.2) is 23.6 Å². The van der Waals surface area contributed by atoms with Gasteiger partial charge in [-0.15, -0.1) is 11.6 Å². The number of rotatable bonds is 3. The van der Waals surface area contributed by atoms with Crippen LogP contribution in [-0.2, 0) is 15.7 Å². The predicted octanol–water partition coefficient (Wildman–Crippen LogP) is 3.61. The van der Waals surface area contributed by atoms with Gasteiger partial charge < -0.3 is 9.31 Å². The van der Waals surface area contributed by atoms with E-state index in [4.69, 9.17) is 20.9 Å². The minimum absolute atomic E-state index is 0.245. The molecule has 2 rings (SSSR count). The van der Waals surface area contributed by atoms with Crippen LogP contribution in [0.25, 0.3) is 0 Å². The van der Waals surface area contributed by atoms with Gasteiger partial charge in [-0.2, -0.15) is 0 Å². The van der Waals surface area contributed by atoms with Crippen molar-refractivity contribution in [3.8, 4) is 0 Å². The van der Waals surface area contributed by atoms with Crippen LogP contribution in [0.1, 0.15) is 33.3 Å². The number of alkyl halides is 1. The van der Waals surface area contributed by atoms with Crippen molar-refractivity contribution >= 4 is 18.7 Å². The van der Waals surface area contributed by atoms with E-state index in [1.165, 1.54) is 12.1 Å². The lowest BCUT2D eigenvalue weighted by Crippen LogP contribution is -2.41. The van der Waals surface area contributed by atoms with E-state index < -0.39 is 7.12 Å². The van der Waals surface area contributed by atoms with Gasteiger partial charge in [0.15, 0.2) is 0 Å². The number of hydrogen-bond acceptors (Lipinski definition) is 2. The van der Waals surface area contributed by atoms with Crippen LogP contribution < -0.4 is 0 Å². The average molecular weight is 285 g/mol. The largest absolute Gasteiger partial charge is 0.477 e. The summed E-state index contributed by atoms with van der Waals surface area (Å²) in [6.45, 7) is 7.98. The van der Waals surface area contributed by atoms with Gasteiger partial charge in [-0.25, -0.2) is 4.39 Å². The van der Waals surface area contributed by atoms with Crippen molar-refractivity contribution in [2.24, 2.45) is 0 Å². The molecule has 1 atom stereocenters. The summed E-state index contributed by atoms with van der Waals surface area (Å²) in [7, 11) is -0.447. The lowest BCUT2D eigenvalue weighted by molar-refractivity contribution is 0.00578. The van der Waals surface area contributed by atoms with Crippen LogP contribution >= 0.6 is 11.6 Å². The summed E-state index contributed by atoms with van der Waals surface area (Å²) in [5, 5.41) is -0.300. The molecule has 1 aliphatic heterocycles. The zero-order chi connectivity index (χ0) is 14.3. The summed E-state index contributed by atoms with van der Waals surface area (Å²) < 4.78 is 24.6. The van der Waals surface area contributed by atoms with Crippen LogP contribution in [0, 0.1) is 5.82 Å². The summed E-state index contributed by atoms with van der Waals surface area (Å²) in [4.78, 5) is 0. The molecule has 1 aromatic rings. The van der Waals surface area contributed by atoms with Gasteiger partial charge in [-0.1, -0.05) is 12.1 Å². The van der Waals surface area contributed by atoms with Gasteiger partial charge >= 0.3 is 7.12 Å². The first kappa shape index (κ1) is 14.8. The number of halogens is 2. The Bertz CT molecular complexity index is 431. The van der Waals surface area contributed by atoms with Crippen molar-refractivity contribution in [2.45, 2.75) is 50.6 Å². The van der Waals surface area contributed by atoms with Gasteiger partial charge in [0, 0.05) is 0 Å². The fourth-order valence-corrected chi connectivity index (χ4v) is 2.26. The van der Waals surface area contributed by atoms with Crippen molar-refractivity contribution in [3.05, 3.63) is 35.6 Å². The quantitative estimate of drug-likeness (QED) is 0.623. The molecule has 0 amide bonds. The summed E-state index contributed by atoms with van der Waals surface area (Å²) >= 11 is 6.37. The summed E-state index contributed by atoms with van der Waals surface area (Å²) in [5.41, 5.74) is 0.206. The Balaban J connectivity index is 2.02. The summed E-state index contributed by atoms with van der Waals surface area (Å²) in [5.74, 6) is -0.245. The van der Waals surface area contributed by atoms with Gasteiger partial charge in [0.1, 0.15) is 5.82 Å². The molecule has 1 saturated heterocycles.